The number of thiocarbonyl (C=S) groups is 1. The summed E-state index contributed by atoms with van der Waals surface area (Å²) >= 11 is 6.26. The number of carbonyl (C=O) groups is 2. The van der Waals surface area contributed by atoms with Crippen molar-refractivity contribution in [3.63, 3.8) is 0 Å². The highest BCUT2D eigenvalue weighted by Gasteiger charge is 2.32. The van der Waals surface area contributed by atoms with E-state index in [2.05, 4.69) is 5.43 Å². The molecule has 1 aromatic rings. The van der Waals surface area contributed by atoms with E-state index in [-0.39, 0.29) is 11.8 Å². The smallest absolute Gasteiger partial charge is 0.285 e. The number of anilines is 1. The second kappa shape index (κ2) is 6.28. The van der Waals surface area contributed by atoms with Gasteiger partial charge in [0, 0.05) is 26.7 Å². The summed E-state index contributed by atoms with van der Waals surface area (Å²) in [6.45, 7) is 1.34. The van der Waals surface area contributed by atoms with Crippen LogP contribution in [0, 0.1) is 0 Å². The van der Waals surface area contributed by atoms with Crippen LogP contribution in [0.3, 0.4) is 0 Å². The molecule has 0 atom stereocenters. The van der Waals surface area contributed by atoms with E-state index < -0.39 is 0 Å². The maximum absolute atomic E-state index is 12.2. The second-order valence-electron chi connectivity index (χ2n) is 4.67. The number of hydrogen-bond acceptors (Lipinski definition) is 5. The van der Waals surface area contributed by atoms with Crippen molar-refractivity contribution >= 4 is 51.9 Å². The maximum atomic E-state index is 12.2. The third-order valence-corrected chi connectivity index (χ3v) is 4.07. The Morgan fingerprint density at radius 3 is 2.48 bits per heavy atom. The summed E-state index contributed by atoms with van der Waals surface area (Å²) in [5.41, 5.74) is 4.40. The van der Waals surface area contributed by atoms with Crippen LogP contribution in [0.2, 0.25) is 0 Å². The van der Waals surface area contributed by atoms with Crippen molar-refractivity contribution in [3.8, 4) is 0 Å². The van der Waals surface area contributed by atoms with Gasteiger partial charge in [-0.05, 0) is 36.0 Å². The predicted molar refractivity (Wildman–Crippen MR) is 89.6 cm³/mol. The van der Waals surface area contributed by atoms with Gasteiger partial charge < -0.3 is 4.90 Å². The van der Waals surface area contributed by atoms with E-state index in [4.69, 9.17) is 12.2 Å². The van der Waals surface area contributed by atoms with Crippen LogP contribution in [0.5, 0.6) is 0 Å². The molecule has 0 saturated carbocycles. The summed E-state index contributed by atoms with van der Waals surface area (Å²) in [7, 11) is 3.93. The molecule has 7 heteroatoms. The highest BCUT2D eigenvalue weighted by Crippen LogP contribution is 2.31. The number of nitrogens with zero attached hydrogens (tertiary/aromatic N) is 2. The van der Waals surface area contributed by atoms with Crippen LogP contribution in [-0.2, 0) is 9.59 Å². The molecular weight excluding hydrogens is 306 g/mol. The fourth-order valence-corrected chi connectivity index (χ4v) is 2.92. The zero-order valence-corrected chi connectivity index (χ0v) is 13.5. The number of nitrogens with one attached hydrogen (secondary N) is 1. The van der Waals surface area contributed by atoms with E-state index in [0.717, 1.165) is 16.3 Å². The molecule has 1 fully saturated rings. The fourth-order valence-electron chi connectivity index (χ4n) is 1.74. The van der Waals surface area contributed by atoms with Crippen molar-refractivity contribution in [2.24, 2.45) is 0 Å². The average Bonchev–Trinajstić information content (AvgIpc) is 2.67. The number of thioether (sulfide) groups is 1. The first-order valence-corrected chi connectivity index (χ1v) is 7.43. The zero-order chi connectivity index (χ0) is 15.6. The Balaban J connectivity index is 2.20. The van der Waals surface area contributed by atoms with E-state index in [9.17, 15) is 9.59 Å². The Morgan fingerprint density at radius 1 is 1.33 bits per heavy atom. The molecule has 0 aliphatic carbocycles. The van der Waals surface area contributed by atoms with E-state index in [1.54, 1.807) is 6.08 Å². The number of hydrogen-bond donors (Lipinski definition) is 1. The monoisotopic (exact) mass is 321 g/mol. The molecule has 0 spiro atoms. The highest BCUT2D eigenvalue weighted by molar-refractivity contribution is 8.26. The molecule has 0 bridgehead atoms. The van der Waals surface area contributed by atoms with Crippen molar-refractivity contribution in [3.05, 3.63) is 34.7 Å². The Bertz CT molecular complexity index is 624. The number of benzene rings is 1. The molecular formula is C14H15N3O2S2. The van der Waals surface area contributed by atoms with Gasteiger partial charge in [0.05, 0.1) is 4.91 Å². The van der Waals surface area contributed by atoms with Gasteiger partial charge in [0.1, 0.15) is 0 Å². The van der Waals surface area contributed by atoms with Crippen LogP contribution in [0.4, 0.5) is 5.69 Å². The molecule has 0 unspecified atom stereocenters. The predicted octanol–water partition coefficient (Wildman–Crippen LogP) is 2.00. The zero-order valence-electron chi connectivity index (χ0n) is 11.9. The number of amides is 2. The summed E-state index contributed by atoms with van der Waals surface area (Å²) < 4.78 is 0.325. The van der Waals surface area contributed by atoms with E-state index in [0.29, 0.717) is 9.23 Å². The molecule has 5 nitrogen and oxygen atoms in total. The third kappa shape index (κ3) is 3.62. The van der Waals surface area contributed by atoms with Gasteiger partial charge in [0.2, 0.25) is 5.91 Å². The van der Waals surface area contributed by atoms with Crippen LogP contribution in [0.1, 0.15) is 12.5 Å². The topological polar surface area (TPSA) is 52.7 Å². The first kappa shape index (κ1) is 15.5. The van der Waals surface area contributed by atoms with E-state index in [1.165, 1.54) is 18.7 Å². The largest absolute Gasteiger partial charge is 0.378 e. The van der Waals surface area contributed by atoms with Crippen molar-refractivity contribution in [1.29, 1.82) is 0 Å². The molecule has 1 saturated heterocycles. The van der Waals surface area contributed by atoms with Crippen LogP contribution < -0.4 is 10.3 Å². The molecule has 110 valence electrons. The summed E-state index contributed by atoms with van der Waals surface area (Å²) in [4.78, 5) is 25.7. The highest BCUT2D eigenvalue weighted by atomic mass is 32.2. The Morgan fingerprint density at radius 2 is 1.95 bits per heavy atom. The summed E-state index contributed by atoms with van der Waals surface area (Å²) in [5.74, 6) is -0.639. The van der Waals surface area contributed by atoms with Gasteiger partial charge in [0.15, 0.2) is 4.32 Å². The maximum Gasteiger partial charge on any atom is 0.285 e. The Labute approximate surface area is 133 Å². The van der Waals surface area contributed by atoms with E-state index in [1.807, 2.05) is 43.3 Å². The lowest BCUT2D eigenvalue weighted by molar-refractivity contribution is -0.131. The van der Waals surface area contributed by atoms with Gasteiger partial charge in [-0.15, -0.1) is 0 Å². The Hall–Kier alpha value is -1.86. The molecule has 1 aromatic carbocycles. The van der Waals surface area contributed by atoms with Gasteiger partial charge >= 0.3 is 0 Å². The van der Waals surface area contributed by atoms with Gasteiger partial charge in [-0.25, -0.2) is 0 Å². The number of carbonyl (C=O) groups excluding carboxylic acids is 2. The van der Waals surface area contributed by atoms with Gasteiger partial charge in [-0.3, -0.25) is 15.0 Å². The lowest BCUT2D eigenvalue weighted by Crippen LogP contribution is -2.43. The van der Waals surface area contributed by atoms with Gasteiger partial charge in [-0.1, -0.05) is 23.9 Å². The minimum atomic E-state index is -0.331. The van der Waals surface area contributed by atoms with Crippen LogP contribution in [0.25, 0.3) is 6.08 Å². The van der Waals surface area contributed by atoms with E-state index >= 15 is 0 Å². The normalized spacial score (nSPS) is 16.5. The molecule has 0 aromatic heterocycles. The fraction of sp³-hybridized carbons (Fsp3) is 0.214. The average molecular weight is 321 g/mol. The van der Waals surface area contributed by atoms with Crippen molar-refractivity contribution in [2.45, 2.75) is 6.92 Å². The molecule has 1 heterocycles. The van der Waals surface area contributed by atoms with Crippen molar-refractivity contribution < 1.29 is 9.59 Å². The summed E-state index contributed by atoms with van der Waals surface area (Å²) in [6, 6.07) is 7.81. The minimum absolute atomic E-state index is 0.308. The van der Waals surface area contributed by atoms with Crippen LogP contribution in [-0.4, -0.2) is 35.2 Å². The van der Waals surface area contributed by atoms with Gasteiger partial charge in [-0.2, -0.15) is 5.01 Å². The lowest BCUT2D eigenvalue weighted by atomic mass is 10.2. The molecule has 1 aliphatic rings. The molecule has 1 N–H and O–H groups in total. The first-order valence-electron chi connectivity index (χ1n) is 6.21. The Kier molecular flexibility index (Phi) is 4.64. The van der Waals surface area contributed by atoms with Crippen LogP contribution in [0.15, 0.2) is 29.2 Å². The van der Waals surface area contributed by atoms with Gasteiger partial charge in [0.25, 0.3) is 5.91 Å². The molecule has 21 heavy (non-hydrogen) atoms. The molecule has 2 amide bonds. The molecule has 0 radical (unpaired) electrons. The summed E-state index contributed by atoms with van der Waals surface area (Å²) in [5, 5.41) is 1.10. The first-order chi connectivity index (χ1) is 9.88. The second-order valence-corrected chi connectivity index (χ2v) is 6.35. The number of hydrazine groups is 1. The standard InChI is InChI=1S/C14H15N3O2S2/c1-9(18)15-17-13(19)12(21-14(17)20)8-10-4-6-11(7-5-10)16(2)3/h4-8H,1-3H3,(H,15,18)/b12-8+. The number of rotatable bonds is 3. The summed E-state index contributed by atoms with van der Waals surface area (Å²) in [6.07, 6.45) is 1.76. The van der Waals surface area contributed by atoms with Crippen molar-refractivity contribution in [1.82, 2.24) is 10.4 Å². The minimum Gasteiger partial charge on any atom is -0.378 e. The third-order valence-electron chi connectivity index (χ3n) is 2.77. The van der Waals surface area contributed by atoms with Crippen molar-refractivity contribution in [2.75, 3.05) is 19.0 Å². The SMILES string of the molecule is CC(=O)NN1C(=O)/C(=C\c2ccc(N(C)C)cc2)SC1=S. The quantitative estimate of drug-likeness (QED) is 0.682. The lowest BCUT2D eigenvalue weighted by Gasteiger charge is -2.13. The van der Waals surface area contributed by atoms with Crippen LogP contribution >= 0.6 is 24.0 Å². The molecule has 2 rings (SSSR count). The molecule has 1 aliphatic heterocycles.